The first kappa shape index (κ1) is 16.5. The van der Waals surface area contributed by atoms with Crippen LogP contribution in [0.5, 0.6) is 0 Å². The molecule has 0 fully saturated rings. The summed E-state index contributed by atoms with van der Waals surface area (Å²) in [5.74, 6) is -0.0738. The van der Waals surface area contributed by atoms with E-state index in [4.69, 9.17) is 4.74 Å². The number of carbonyl (C=O) groups excluding carboxylic acids is 1. The monoisotopic (exact) mass is 241 g/mol. The van der Waals surface area contributed by atoms with Gasteiger partial charge in [0.25, 0.3) is 0 Å². The van der Waals surface area contributed by atoms with E-state index in [1.165, 1.54) is 32.1 Å². The molecule has 101 valence electrons. The maximum absolute atomic E-state index is 11.4. The normalized spacial score (nSPS) is 11.5. The Morgan fingerprint density at radius 1 is 1.06 bits per heavy atom. The lowest BCUT2D eigenvalue weighted by Gasteiger charge is -2.17. The highest BCUT2D eigenvalue weighted by molar-refractivity contribution is 5.69. The van der Waals surface area contributed by atoms with Gasteiger partial charge in [0.15, 0.2) is 0 Å². The van der Waals surface area contributed by atoms with Crippen molar-refractivity contribution >= 4 is 5.97 Å². The standard InChI is InChI=1S/C15H29O2/c1-5-6-7-8-9-10-11-12-14(16)17-13-15(2,3)4/h2,5-13H2,1,3-4H3. The van der Waals surface area contributed by atoms with Gasteiger partial charge in [0.2, 0.25) is 0 Å². The fourth-order valence-corrected chi connectivity index (χ4v) is 1.57. The summed E-state index contributed by atoms with van der Waals surface area (Å²) in [4.78, 5) is 11.4. The Balaban J connectivity index is 3.28. The van der Waals surface area contributed by atoms with Crippen molar-refractivity contribution in [2.45, 2.75) is 72.1 Å². The van der Waals surface area contributed by atoms with Crippen LogP contribution in [0.3, 0.4) is 0 Å². The zero-order valence-electron chi connectivity index (χ0n) is 11.9. The fraction of sp³-hybridized carbons (Fsp3) is 0.867. The van der Waals surface area contributed by atoms with E-state index in [0.29, 0.717) is 13.0 Å². The lowest BCUT2D eigenvalue weighted by molar-refractivity contribution is -0.146. The number of ether oxygens (including phenoxy) is 1. The Hall–Kier alpha value is -0.530. The molecular formula is C15H29O2. The molecule has 0 bridgehead atoms. The van der Waals surface area contributed by atoms with Gasteiger partial charge < -0.3 is 4.74 Å². The summed E-state index contributed by atoms with van der Waals surface area (Å²) >= 11 is 0. The van der Waals surface area contributed by atoms with Crippen molar-refractivity contribution < 1.29 is 9.53 Å². The number of hydrogen-bond acceptors (Lipinski definition) is 2. The summed E-state index contributed by atoms with van der Waals surface area (Å²) < 4.78 is 5.15. The van der Waals surface area contributed by atoms with E-state index in [-0.39, 0.29) is 11.4 Å². The largest absolute Gasteiger partial charge is 0.465 e. The van der Waals surface area contributed by atoms with Crippen molar-refractivity contribution in [3.05, 3.63) is 6.92 Å². The van der Waals surface area contributed by atoms with Gasteiger partial charge in [0.1, 0.15) is 0 Å². The van der Waals surface area contributed by atoms with E-state index in [9.17, 15) is 4.79 Å². The Kier molecular flexibility index (Phi) is 9.20. The van der Waals surface area contributed by atoms with Crippen LogP contribution in [0, 0.1) is 12.3 Å². The third-order valence-corrected chi connectivity index (χ3v) is 2.61. The molecule has 0 saturated carbocycles. The minimum atomic E-state index is -0.171. The third kappa shape index (κ3) is 13.4. The average molecular weight is 241 g/mol. The van der Waals surface area contributed by atoms with E-state index in [1.54, 1.807) is 0 Å². The first-order valence-corrected chi connectivity index (χ1v) is 6.96. The predicted octanol–water partition coefficient (Wildman–Crippen LogP) is 4.53. The van der Waals surface area contributed by atoms with Gasteiger partial charge in [-0.15, -0.1) is 0 Å². The maximum Gasteiger partial charge on any atom is 0.305 e. The van der Waals surface area contributed by atoms with E-state index in [2.05, 4.69) is 13.8 Å². The number of esters is 1. The quantitative estimate of drug-likeness (QED) is 0.415. The van der Waals surface area contributed by atoms with Gasteiger partial charge in [-0.1, -0.05) is 59.3 Å². The van der Waals surface area contributed by atoms with Gasteiger partial charge in [-0.25, -0.2) is 0 Å². The van der Waals surface area contributed by atoms with Gasteiger partial charge in [-0.05, 0) is 18.8 Å². The van der Waals surface area contributed by atoms with Crippen LogP contribution in [-0.4, -0.2) is 12.6 Å². The van der Waals surface area contributed by atoms with Gasteiger partial charge in [0, 0.05) is 6.42 Å². The lowest BCUT2D eigenvalue weighted by Crippen LogP contribution is -2.18. The van der Waals surface area contributed by atoms with Crippen LogP contribution in [0.25, 0.3) is 0 Å². The van der Waals surface area contributed by atoms with Crippen LogP contribution < -0.4 is 0 Å². The van der Waals surface area contributed by atoms with Gasteiger partial charge in [-0.2, -0.15) is 0 Å². The smallest absolute Gasteiger partial charge is 0.305 e. The molecule has 0 saturated heterocycles. The van der Waals surface area contributed by atoms with Gasteiger partial charge in [-0.3, -0.25) is 4.79 Å². The molecule has 0 heterocycles. The molecule has 0 aliphatic heterocycles. The number of rotatable bonds is 10. The van der Waals surface area contributed by atoms with Crippen molar-refractivity contribution in [2.24, 2.45) is 5.41 Å². The molecule has 0 rings (SSSR count). The Morgan fingerprint density at radius 2 is 1.59 bits per heavy atom. The van der Waals surface area contributed by atoms with E-state index >= 15 is 0 Å². The molecule has 0 aliphatic rings. The number of unbranched alkanes of at least 4 members (excludes halogenated alkanes) is 6. The second-order valence-electron chi connectivity index (χ2n) is 5.70. The zero-order chi connectivity index (χ0) is 13.1. The van der Waals surface area contributed by atoms with Crippen molar-refractivity contribution in [3.63, 3.8) is 0 Å². The molecule has 0 aliphatic carbocycles. The van der Waals surface area contributed by atoms with Crippen molar-refractivity contribution in [1.29, 1.82) is 0 Å². The predicted molar refractivity (Wildman–Crippen MR) is 72.7 cm³/mol. The summed E-state index contributed by atoms with van der Waals surface area (Å²) in [5.41, 5.74) is -0.171. The summed E-state index contributed by atoms with van der Waals surface area (Å²) in [7, 11) is 0. The molecule has 0 N–H and O–H groups in total. The number of carbonyl (C=O) groups is 1. The van der Waals surface area contributed by atoms with Crippen LogP contribution in [0.2, 0.25) is 0 Å². The molecule has 2 heteroatoms. The first-order valence-electron chi connectivity index (χ1n) is 6.96. The minimum Gasteiger partial charge on any atom is -0.465 e. The van der Waals surface area contributed by atoms with Crippen LogP contribution >= 0.6 is 0 Å². The highest BCUT2D eigenvalue weighted by atomic mass is 16.5. The molecule has 1 radical (unpaired) electrons. The first-order chi connectivity index (χ1) is 7.95. The molecule has 17 heavy (non-hydrogen) atoms. The van der Waals surface area contributed by atoms with Crippen LogP contribution in [0.1, 0.15) is 72.1 Å². The van der Waals surface area contributed by atoms with Gasteiger partial charge in [0.05, 0.1) is 6.61 Å². The molecule has 0 spiro atoms. The summed E-state index contributed by atoms with van der Waals surface area (Å²) in [6, 6.07) is 0. The molecule has 2 nitrogen and oxygen atoms in total. The minimum absolute atomic E-state index is 0.0738. The zero-order valence-corrected chi connectivity index (χ0v) is 11.9. The summed E-state index contributed by atoms with van der Waals surface area (Å²) in [6.45, 7) is 10.5. The van der Waals surface area contributed by atoms with E-state index in [0.717, 1.165) is 12.8 Å². The second kappa shape index (κ2) is 9.49. The van der Waals surface area contributed by atoms with E-state index in [1.807, 2.05) is 13.8 Å². The third-order valence-electron chi connectivity index (χ3n) is 2.61. The van der Waals surface area contributed by atoms with Crippen molar-refractivity contribution in [1.82, 2.24) is 0 Å². The SMILES string of the molecule is [CH2]C(C)(C)COC(=O)CCCCCCCCC. The fourth-order valence-electron chi connectivity index (χ4n) is 1.57. The molecule has 0 unspecified atom stereocenters. The molecule has 0 aromatic heterocycles. The van der Waals surface area contributed by atoms with Crippen molar-refractivity contribution in [2.75, 3.05) is 6.61 Å². The molecule has 0 amide bonds. The topological polar surface area (TPSA) is 26.3 Å². The molecule has 0 aromatic carbocycles. The molecule has 0 aromatic rings. The highest BCUT2D eigenvalue weighted by Crippen LogP contribution is 2.13. The summed E-state index contributed by atoms with van der Waals surface area (Å²) in [6.07, 6.45) is 9.16. The number of hydrogen-bond donors (Lipinski definition) is 0. The van der Waals surface area contributed by atoms with E-state index < -0.39 is 0 Å². The second-order valence-corrected chi connectivity index (χ2v) is 5.70. The highest BCUT2D eigenvalue weighted by Gasteiger charge is 2.13. The molecular weight excluding hydrogens is 212 g/mol. The lowest BCUT2D eigenvalue weighted by atomic mass is 9.99. The Labute approximate surface area is 107 Å². The Bertz CT molecular complexity index is 192. The maximum atomic E-state index is 11.4. The van der Waals surface area contributed by atoms with Gasteiger partial charge >= 0.3 is 5.97 Å². The summed E-state index contributed by atoms with van der Waals surface area (Å²) in [5, 5.41) is 0. The molecule has 0 atom stereocenters. The Morgan fingerprint density at radius 3 is 2.12 bits per heavy atom. The van der Waals surface area contributed by atoms with Crippen molar-refractivity contribution in [3.8, 4) is 0 Å². The van der Waals surface area contributed by atoms with Crippen LogP contribution in [0.4, 0.5) is 0 Å². The van der Waals surface area contributed by atoms with Crippen LogP contribution in [-0.2, 0) is 9.53 Å². The van der Waals surface area contributed by atoms with Crippen LogP contribution in [0.15, 0.2) is 0 Å². The average Bonchev–Trinajstić information content (AvgIpc) is 2.24.